The fraction of sp³-hybridized carbons (Fsp3) is 0.429. The second kappa shape index (κ2) is 9.05. The molecule has 0 radical (unpaired) electrons. The van der Waals surface area contributed by atoms with Crippen LogP contribution in [0, 0.1) is 0 Å². The molecule has 2 aromatic rings. The SMILES string of the molecule is CC(C)(C)OC(=O)NCCC1CNC(=O)c2cc(-c3cccc(OC(F)(F)F)c3)c(Br)n21. The van der Waals surface area contributed by atoms with Crippen LogP contribution in [0.25, 0.3) is 11.1 Å². The Hall–Kier alpha value is -2.69. The Morgan fingerprint density at radius 2 is 2.00 bits per heavy atom. The molecule has 3 rings (SSSR count). The highest BCUT2D eigenvalue weighted by molar-refractivity contribution is 9.10. The monoisotopic (exact) mass is 517 g/mol. The van der Waals surface area contributed by atoms with E-state index in [2.05, 4.69) is 31.3 Å². The second-order valence-electron chi connectivity index (χ2n) is 8.26. The first-order chi connectivity index (χ1) is 14.8. The van der Waals surface area contributed by atoms with E-state index in [1.54, 1.807) is 37.5 Å². The highest BCUT2D eigenvalue weighted by Crippen LogP contribution is 2.38. The molecule has 7 nitrogen and oxygen atoms in total. The van der Waals surface area contributed by atoms with Crippen molar-refractivity contribution < 1.29 is 32.2 Å². The van der Waals surface area contributed by atoms with Gasteiger partial charge in [-0.1, -0.05) is 12.1 Å². The fourth-order valence-corrected chi connectivity index (χ4v) is 4.20. The third-order valence-electron chi connectivity index (χ3n) is 4.59. The first-order valence-electron chi connectivity index (χ1n) is 9.86. The number of carbonyl (C=O) groups is 2. The van der Waals surface area contributed by atoms with Gasteiger partial charge in [0.05, 0.1) is 10.6 Å². The molecule has 11 heteroatoms. The first-order valence-corrected chi connectivity index (χ1v) is 10.7. The summed E-state index contributed by atoms with van der Waals surface area (Å²) in [6.45, 7) is 5.95. The molecule has 1 atom stereocenters. The Labute approximate surface area is 191 Å². The van der Waals surface area contributed by atoms with Crippen LogP contribution < -0.4 is 15.4 Å². The molecule has 0 bridgehead atoms. The lowest BCUT2D eigenvalue weighted by atomic mass is 10.1. The largest absolute Gasteiger partial charge is 0.573 e. The molecule has 1 aliphatic heterocycles. The van der Waals surface area contributed by atoms with Crippen molar-refractivity contribution in [2.45, 2.75) is 45.2 Å². The van der Waals surface area contributed by atoms with Gasteiger partial charge in [0.2, 0.25) is 0 Å². The van der Waals surface area contributed by atoms with Gasteiger partial charge in [0.15, 0.2) is 0 Å². The number of fused-ring (bicyclic) bond motifs is 1. The second-order valence-corrected chi connectivity index (χ2v) is 9.01. The highest BCUT2D eigenvalue weighted by atomic mass is 79.9. The lowest BCUT2D eigenvalue weighted by Crippen LogP contribution is -2.40. The van der Waals surface area contributed by atoms with Crippen molar-refractivity contribution in [1.82, 2.24) is 15.2 Å². The van der Waals surface area contributed by atoms with Gasteiger partial charge in [0.1, 0.15) is 17.0 Å². The van der Waals surface area contributed by atoms with Crippen LogP contribution in [0.4, 0.5) is 18.0 Å². The Balaban J connectivity index is 1.81. The average molecular weight is 518 g/mol. The molecule has 2 amide bonds. The van der Waals surface area contributed by atoms with Crippen molar-refractivity contribution in [1.29, 1.82) is 0 Å². The molecule has 1 aliphatic rings. The number of rotatable bonds is 5. The molecular weight excluding hydrogens is 495 g/mol. The summed E-state index contributed by atoms with van der Waals surface area (Å²) in [6.07, 6.45) is -4.84. The maximum atomic E-state index is 12.6. The number of amides is 2. The van der Waals surface area contributed by atoms with E-state index in [9.17, 15) is 22.8 Å². The van der Waals surface area contributed by atoms with Crippen LogP contribution in [-0.2, 0) is 4.74 Å². The van der Waals surface area contributed by atoms with Crippen molar-refractivity contribution in [3.05, 3.63) is 40.6 Å². The van der Waals surface area contributed by atoms with Crippen LogP contribution in [0.2, 0.25) is 0 Å². The van der Waals surface area contributed by atoms with E-state index in [1.807, 2.05) is 0 Å². The summed E-state index contributed by atoms with van der Waals surface area (Å²) in [4.78, 5) is 24.3. The molecule has 32 heavy (non-hydrogen) atoms. The lowest BCUT2D eigenvalue weighted by molar-refractivity contribution is -0.274. The van der Waals surface area contributed by atoms with E-state index in [4.69, 9.17) is 4.74 Å². The summed E-state index contributed by atoms with van der Waals surface area (Å²) in [5.74, 6) is -0.648. The fourth-order valence-electron chi connectivity index (χ4n) is 3.37. The molecule has 0 saturated heterocycles. The van der Waals surface area contributed by atoms with Gasteiger partial charge in [-0.3, -0.25) is 4.79 Å². The Kier molecular flexibility index (Phi) is 6.77. The first kappa shape index (κ1) is 24.0. The number of hydrogen-bond donors (Lipinski definition) is 2. The summed E-state index contributed by atoms with van der Waals surface area (Å²) in [5, 5.41) is 5.49. The summed E-state index contributed by atoms with van der Waals surface area (Å²) in [6, 6.07) is 6.97. The maximum Gasteiger partial charge on any atom is 0.573 e. The Bertz CT molecular complexity index is 1010. The number of aromatic nitrogens is 1. The molecule has 0 spiro atoms. The van der Waals surface area contributed by atoms with Crippen LogP contribution in [0.1, 0.15) is 43.7 Å². The van der Waals surface area contributed by atoms with Gasteiger partial charge >= 0.3 is 12.5 Å². The standard InChI is InChI=1S/C21H23BrF3N3O4/c1-20(2,3)32-19(30)26-8-7-13-11-27-18(29)16-10-15(17(22)28(13)16)12-5-4-6-14(9-12)31-21(23,24)25/h4-6,9-10,13H,7-8,11H2,1-3H3,(H,26,30)(H,27,29). The molecule has 2 N–H and O–H groups in total. The number of benzene rings is 1. The van der Waals surface area contributed by atoms with Crippen LogP contribution in [-0.4, -0.2) is 41.6 Å². The third-order valence-corrected chi connectivity index (χ3v) is 5.40. The van der Waals surface area contributed by atoms with E-state index < -0.39 is 18.1 Å². The number of nitrogens with one attached hydrogen (secondary N) is 2. The molecule has 1 aromatic carbocycles. The van der Waals surface area contributed by atoms with Crippen LogP contribution in [0.5, 0.6) is 5.75 Å². The number of ether oxygens (including phenoxy) is 2. The molecule has 1 unspecified atom stereocenters. The number of carbonyl (C=O) groups excluding carboxylic acids is 2. The third kappa shape index (κ3) is 5.96. The molecule has 0 aliphatic carbocycles. The van der Waals surface area contributed by atoms with Gasteiger partial charge in [-0.15, -0.1) is 13.2 Å². The van der Waals surface area contributed by atoms with Crippen molar-refractivity contribution in [3.8, 4) is 16.9 Å². The quantitative estimate of drug-likeness (QED) is 0.583. The van der Waals surface area contributed by atoms with E-state index >= 15 is 0 Å². The summed E-state index contributed by atoms with van der Waals surface area (Å²) in [7, 11) is 0. The summed E-state index contributed by atoms with van der Waals surface area (Å²) >= 11 is 3.50. The predicted octanol–water partition coefficient (Wildman–Crippen LogP) is 5.02. The van der Waals surface area contributed by atoms with Gasteiger partial charge in [-0.05, 0) is 66.9 Å². The summed E-state index contributed by atoms with van der Waals surface area (Å²) < 4.78 is 49.3. The Morgan fingerprint density at radius 3 is 2.66 bits per heavy atom. The van der Waals surface area contributed by atoms with Crippen molar-refractivity contribution >= 4 is 27.9 Å². The van der Waals surface area contributed by atoms with Crippen LogP contribution in [0.15, 0.2) is 34.9 Å². The number of alkyl carbamates (subject to hydrolysis) is 1. The maximum absolute atomic E-state index is 12.6. The van der Waals surface area contributed by atoms with Gasteiger partial charge in [-0.2, -0.15) is 0 Å². The van der Waals surface area contributed by atoms with Crippen molar-refractivity contribution in [2.24, 2.45) is 0 Å². The summed E-state index contributed by atoms with van der Waals surface area (Å²) in [5.41, 5.74) is 0.759. The van der Waals surface area contributed by atoms with Crippen molar-refractivity contribution in [3.63, 3.8) is 0 Å². The number of halogens is 4. The number of nitrogens with zero attached hydrogens (tertiary/aromatic N) is 1. The van der Waals surface area contributed by atoms with Crippen LogP contribution >= 0.6 is 15.9 Å². The van der Waals surface area contributed by atoms with Crippen molar-refractivity contribution in [2.75, 3.05) is 13.1 Å². The van der Waals surface area contributed by atoms with E-state index in [0.717, 1.165) is 0 Å². The number of alkyl halides is 3. The average Bonchev–Trinajstić information content (AvgIpc) is 2.99. The minimum atomic E-state index is -4.80. The van der Waals surface area contributed by atoms with E-state index in [1.165, 1.54) is 18.2 Å². The Morgan fingerprint density at radius 1 is 1.28 bits per heavy atom. The zero-order valence-corrected chi connectivity index (χ0v) is 19.3. The van der Waals surface area contributed by atoms with Gasteiger partial charge in [-0.25, -0.2) is 4.79 Å². The van der Waals surface area contributed by atoms with Gasteiger partial charge < -0.3 is 24.7 Å². The highest BCUT2D eigenvalue weighted by Gasteiger charge is 2.32. The van der Waals surface area contributed by atoms with E-state index in [0.29, 0.717) is 40.9 Å². The zero-order chi connectivity index (χ0) is 23.7. The molecule has 2 heterocycles. The number of hydrogen-bond acceptors (Lipinski definition) is 4. The lowest BCUT2D eigenvalue weighted by Gasteiger charge is -2.28. The zero-order valence-electron chi connectivity index (χ0n) is 17.7. The predicted molar refractivity (Wildman–Crippen MR) is 114 cm³/mol. The molecule has 174 valence electrons. The topological polar surface area (TPSA) is 81.6 Å². The molecule has 1 aromatic heterocycles. The minimum absolute atomic E-state index is 0.185. The minimum Gasteiger partial charge on any atom is -0.444 e. The van der Waals surface area contributed by atoms with Gasteiger partial charge in [0.25, 0.3) is 5.91 Å². The normalized spacial score (nSPS) is 16.2. The van der Waals surface area contributed by atoms with E-state index in [-0.39, 0.29) is 17.7 Å². The molecule has 0 fully saturated rings. The van der Waals surface area contributed by atoms with Crippen LogP contribution in [0.3, 0.4) is 0 Å². The molecule has 0 saturated carbocycles. The molecular formula is C21H23BrF3N3O4. The smallest absolute Gasteiger partial charge is 0.444 e. The van der Waals surface area contributed by atoms with Gasteiger partial charge in [0, 0.05) is 18.7 Å².